The zero-order valence-electron chi connectivity index (χ0n) is 6.63. The molecule has 0 bridgehead atoms. The molecule has 1 N–H and O–H groups in total. The third-order valence-electron chi connectivity index (χ3n) is 1.56. The van der Waals surface area contributed by atoms with E-state index in [1.165, 1.54) is 0 Å². The second kappa shape index (κ2) is 3.78. The number of aryl methyl sites for hydroxylation is 1. The maximum absolute atomic E-state index is 3.91. The maximum atomic E-state index is 3.91. The minimum absolute atomic E-state index is 0. The van der Waals surface area contributed by atoms with E-state index in [1.807, 2.05) is 25.1 Å². The third-order valence-corrected chi connectivity index (χ3v) is 1.56. The first-order chi connectivity index (χ1) is 4.88. The van der Waals surface area contributed by atoms with Gasteiger partial charge in [0.15, 0.2) is 0 Å². The number of H-pyrrole nitrogens is 1. The number of nitrogens with zero attached hydrogens (tertiary/aromatic N) is 2. The summed E-state index contributed by atoms with van der Waals surface area (Å²) in [7, 11) is 0. The van der Waals surface area contributed by atoms with Crippen molar-refractivity contribution in [3.63, 3.8) is 0 Å². The van der Waals surface area contributed by atoms with Gasteiger partial charge < -0.3 is 0 Å². The molecule has 0 aliphatic carbocycles. The second-order valence-corrected chi connectivity index (χ2v) is 2.28. The van der Waals surface area contributed by atoms with Gasteiger partial charge in [0.05, 0.1) is 5.52 Å². The number of benzene rings is 1. The Bertz CT molecular complexity index is 355. The van der Waals surface area contributed by atoms with E-state index in [4.69, 9.17) is 0 Å². The number of hydrogen-bond acceptors (Lipinski definition) is 2. The topological polar surface area (TPSA) is 41.6 Å². The molecule has 0 unspecified atom stereocenters. The van der Waals surface area contributed by atoms with Crippen molar-refractivity contribution in [2.24, 2.45) is 0 Å². The fourth-order valence-electron chi connectivity index (χ4n) is 1.01. The summed E-state index contributed by atoms with van der Waals surface area (Å²) in [6.45, 7) is 2.02. The Hall–Kier alpha value is 0.256. The summed E-state index contributed by atoms with van der Waals surface area (Å²) in [6.07, 6.45) is 0. The molecule has 0 aliphatic heterocycles. The van der Waals surface area contributed by atoms with Crippen molar-refractivity contribution in [3.8, 4) is 0 Å². The summed E-state index contributed by atoms with van der Waals surface area (Å²) in [5, 5.41) is 10.4. The van der Waals surface area contributed by atoms with Gasteiger partial charge in [0.1, 0.15) is 5.52 Å². The van der Waals surface area contributed by atoms with Gasteiger partial charge in [-0.2, -0.15) is 0 Å². The summed E-state index contributed by atoms with van der Waals surface area (Å²) in [4.78, 5) is 0. The molecule has 3 nitrogen and oxygen atoms in total. The van der Waals surface area contributed by atoms with Crippen LogP contribution in [0, 0.1) is 6.92 Å². The zero-order valence-corrected chi connectivity index (χ0v) is 9.75. The van der Waals surface area contributed by atoms with Gasteiger partial charge in [-0.15, -0.1) is 5.10 Å². The van der Waals surface area contributed by atoms with Gasteiger partial charge >= 0.3 is 0 Å². The van der Waals surface area contributed by atoms with Crippen LogP contribution in [0.5, 0.6) is 0 Å². The molecule has 2 rings (SSSR count). The largest absolute Gasteiger partial charge is 0.258 e. The molecule has 0 spiro atoms. The van der Waals surface area contributed by atoms with Crippen molar-refractivity contribution >= 4 is 62.4 Å². The Kier molecular flexibility index (Phi) is 3.21. The predicted octanol–water partition coefficient (Wildman–Crippen LogP) is 0.886. The smallest absolute Gasteiger partial charge is 0.115 e. The van der Waals surface area contributed by atoms with E-state index in [0.29, 0.717) is 0 Å². The van der Waals surface area contributed by atoms with Crippen LogP contribution in [0.2, 0.25) is 0 Å². The fourth-order valence-corrected chi connectivity index (χ4v) is 1.01. The molecule has 1 aromatic heterocycles. The van der Waals surface area contributed by atoms with Crippen molar-refractivity contribution in [1.29, 1.82) is 0 Å². The first-order valence-electron chi connectivity index (χ1n) is 3.14. The van der Waals surface area contributed by atoms with E-state index < -0.39 is 0 Å². The molecule has 4 heteroatoms. The van der Waals surface area contributed by atoms with E-state index in [1.54, 1.807) is 0 Å². The minimum Gasteiger partial charge on any atom is -0.258 e. The van der Waals surface area contributed by atoms with Crippen LogP contribution in [0.15, 0.2) is 18.2 Å². The number of aromatic nitrogens is 3. The zero-order chi connectivity index (χ0) is 6.97. The summed E-state index contributed by atoms with van der Waals surface area (Å²) in [5.41, 5.74) is 3.12. The van der Waals surface area contributed by atoms with Crippen LogP contribution in [0.1, 0.15) is 5.56 Å². The Morgan fingerprint density at radius 2 is 2.18 bits per heavy atom. The standard InChI is InChI=1S/C7H7N3.K/c1-5-3-2-4-6-7(5)9-10-8-6;/h2-4H,1H3,(H,8,9,10);. The monoisotopic (exact) mass is 172 g/mol. The van der Waals surface area contributed by atoms with Gasteiger partial charge in [-0.1, -0.05) is 17.3 Å². The first-order valence-corrected chi connectivity index (χ1v) is 3.14. The maximum Gasteiger partial charge on any atom is 0.115 e. The molecule has 51 valence electrons. The van der Waals surface area contributed by atoms with Crippen LogP contribution in [-0.4, -0.2) is 66.8 Å². The van der Waals surface area contributed by atoms with Crippen molar-refractivity contribution in [3.05, 3.63) is 23.8 Å². The number of hydrogen-bond donors (Lipinski definition) is 1. The average molecular weight is 172 g/mol. The average Bonchev–Trinajstić information content (AvgIpc) is 2.36. The molecule has 0 atom stereocenters. The van der Waals surface area contributed by atoms with Crippen LogP contribution >= 0.6 is 0 Å². The molecule has 0 saturated carbocycles. The van der Waals surface area contributed by atoms with Gasteiger partial charge in [-0.3, -0.25) is 5.10 Å². The summed E-state index contributed by atoms with van der Waals surface area (Å²) < 4.78 is 0. The molecular weight excluding hydrogens is 165 g/mol. The van der Waals surface area contributed by atoms with Gasteiger partial charge in [0, 0.05) is 51.4 Å². The van der Waals surface area contributed by atoms with Crippen LogP contribution in [0.4, 0.5) is 0 Å². The molecule has 1 aromatic carbocycles. The molecule has 11 heavy (non-hydrogen) atoms. The molecule has 1 radical (unpaired) electrons. The Balaban J connectivity index is 0.000000605. The molecule has 0 fully saturated rings. The number of nitrogens with one attached hydrogen (secondary N) is 1. The van der Waals surface area contributed by atoms with Crippen molar-refractivity contribution in [2.45, 2.75) is 6.92 Å². The van der Waals surface area contributed by atoms with Gasteiger partial charge in [-0.05, 0) is 18.6 Å². The molecule has 0 saturated heterocycles. The quantitative estimate of drug-likeness (QED) is 0.599. The van der Waals surface area contributed by atoms with Crippen LogP contribution in [0.25, 0.3) is 11.0 Å². The molecule has 0 aliphatic rings. The van der Waals surface area contributed by atoms with Crippen molar-refractivity contribution in [2.75, 3.05) is 0 Å². The van der Waals surface area contributed by atoms with E-state index >= 15 is 0 Å². The fraction of sp³-hybridized carbons (Fsp3) is 0.143. The van der Waals surface area contributed by atoms with Gasteiger partial charge in [0.2, 0.25) is 0 Å². The SMILES string of the molecule is Cc1cccc2[nH]nnc12.[K]. The summed E-state index contributed by atoms with van der Waals surface area (Å²) in [6, 6.07) is 5.96. The van der Waals surface area contributed by atoms with Gasteiger partial charge in [-0.25, -0.2) is 0 Å². The molecule has 0 amide bonds. The Labute approximate surface area is 107 Å². The predicted molar refractivity (Wildman–Crippen MR) is 44.4 cm³/mol. The van der Waals surface area contributed by atoms with Crippen LogP contribution in [-0.2, 0) is 0 Å². The van der Waals surface area contributed by atoms with E-state index in [0.717, 1.165) is 16.6 Å². The molecule has 2 aromatic rings. The number of aromatic amines is 1. The van der Waals surface area contributed by atoms with Crippen molar-refractivity contribution in [1.82, 2.24) is 15.4 Å². The normalized spacial score (nSPS) is 9.55. The van der Waals surface area contributed by atoms with E-state index in [-0.39, 0.29) is 51.4 Å². The third kappa shape index (κ3) is 1.70. The first kappa shape index (κ1) is 9.35. The van der Waals surface area contributed by atoms with E-state index in [2.05, 4.69) is 15.4 Å². The number of fused-ring (bicyclic) bond motifs is 1. The Morgan fingerprint density at radius 3 is 2.91 bits per heavy atom. The summed E-state index contributed by atoms with van der Waals surface area (Å²) in [5.74, 6) is 0. The minimum atomic E-state index is 0. The van der Waals surface area contributed by atoms with Gasteiger partial charge in [0.25, 0.3) is 0 Å². The van der Waals surface area contributed by atoms with Crippen LogP contribution in [0.3, 0.4) is 0 Å². The van der Waals surface area contributed by atoms with Crippen molar-refractivity contribution < 1.29 is 0 Å². The molecule has 1 heterocycles. The van der Waals surface area contributed by atoms with Crippen LogP contribution < -0.4 is 0 Å². The number of rotatable bonds is 0. The molecular formula is C7H7KN3. The second-order valence-electron chi connectivity index (χ2n) is 2.28. The van der Waals surface area contributed by atoms with E-state index in [9.17, 15) is 0 Å². The Morgan fingerprint density at radius 1 is 1.36 bits per heavy atom. The summed E-state index contributed by atoms with van der Waals surface area (Å²) >= 11 is 0.